The van der Waals surface area contributed by atoms with Crippen molar-refractivity contribution in [3.8, 4) is 0 Å². The number of hydrogen-bond donors (Lipinski definition) is 2. The molecule has 1 fully saturated rings. The van der Waals surface area contributed by atoms with Gasteiger partial charge in [-0.05, 0) is 54.7 Å². The molecule has 0 aromatic heterocycles. The van der Waals surface area contributed by atoms with Gasteiger partial charge in [0, 0.05) is 31.8 Å². The summed E-state index contributed by atoms with van der Waals surface area (Å²) in [7, 11) is 1.10. The predicted molar refractivity (Wildman–Crippen MR) is 99.8 cm³/mol. The normalized spacial score (nSPS) is 19.5. The van der Waals surface area contributed by atoms with Crippen molar-refractivity contribution in [3.05, 3.63) is 11.7 Å². The fourth-order valence-corrected chi connectivity index (χ4v) is 2.01. The zero-order chi connectivity index (χ0) is 19.5. The van der Waals surface area contributed by atoms with Gasteiger partial charge in [0.15, 0.2) is 0 Å². The van der Waals surface area contributed by atoms with Crippen LogP contribution in [0.4, 0.5) is 4.79 Å². The van der Waals surface area contributed by atoms with E-state index in [1.165, 1.54) is 11.1 Å². The number of amides is 1. The van der Waals surface area contributed by atoms with Crippen molar-refractivity contribution in [1.29, 1.82) is 5.41 Å². The van der Waals surface area contributed by atoms with Crippen molar-refractivity contribution in [2.45, 2.75) is 65.3 Å². The van der Waals surface area contributed by atoms with Crippen LogP contribution in [0.15, 0.2) is 11.7 Å². The molecule has 1 heterocycles. The fourth-order valence-electron chi connectivity index (χ4n) is 2.01. The fraction of sp³-hybridized carbons (Fsp3) is 0.765. The van der Waals surface area contributed by atoms with Crippen LogP contribution in [0, 0.1) is 5.41 Å². The molecule has 142 valence electrons. The lowest BCUT2D eigenvalue weighted by atomic mass is 9.79. The van der Waals surface area contributed by atoms with Crippen LogP contribution in [0.25, 0.3) is 0 Å². The van der Waals surface area contributed by atoms with Gasteiger partial charge in [0.1, 0.15) is 5.60 Å². The molecule has 1 amide bonds. The average molecular weight is 353 g/mol. The Morgan fingerprint density at radius 3 is 2.20 bits per heavy atom. The van der Waals surface area contributed by atoms with E-state index in [1.807, 2.05) is 48.5 Å². The summed E-state index contributed by atoms with van der Waals surface area (Å²) < 4.78 is 17.1. The second-order valence-corrected chi connectivity index (χ2v) is 8.23. The lowest BCUT2D eigenvalue weighted by Crippen LogP contribution is -2.41. The molecule has 0 aromatic carbocycles. The molecular formula is C17H32BN3O4. The summed E-state index contributed by atoms with van der Waals surface area (Å²) >= 11 is 0. The van der Waals surface area contributed by atoms with Gasteiger partial charge < -0.3 is 29.7 Å². The summed E-state index contributed by atoms with van der Waals surface area (Å²) in [5.74, 6) is 0. The highest BCUT2D eigenvalue weighted by molar-refractivity contribution is 6.60. The molecule has 0 saturated carbocycles. The van der Waals surface area contributed by atoms with Gasteiger partial charge in [0.05, 0.1) is 11.2 Å². The first kappa shape index (κ1) is 21.5. The van der Waals surface area contributed by atoms with Crippen molar-refractivity contribution < 1.29 is 18.8 Å². The Morgan fingerprint density at radius 1 is 1.24 bits per heavy atom. The molecule has 0 aromatic rings. The van der Waals surface area contributed by atoms with E-state index in [0.717, 1.165) is 0 Å². The third-order valence-electron chi connectivity index (χ3n) is 4.26. The largest absolute Gasteiger partial charge is 0.497 e. The first-order chi connectivity index (χ1) is 11.3. The Labute approximate surface area is 151 Å². The molecule has 1 rings (SSSR count). The Bertz CT molecular complexity index is 510. The second kappa shape index (κ2) is 7.78. The predicted octanol–water partition coefficient (Wildman–Crippen LogP) is 2.61. The van der Waals surface area contributed by atoms with Crippen LogP contribution >= 0.6 is 0 Å². The quantitative estimate of drug-likeness (QED) is 0.436. The molecule has 0 aliphatic carbocycles. The van der Waals surface area contributed by atoms with Crippen LogP contribution in [-0.2, 0) is 14.0 Å². The van der Waals surface area contributed by atoms with Gasteiger partial charge in [-0.3, -0.25) is 0 Å². The van der Waals surface area contributed by atoms with Gasteiger partial charge in [-0.2, -0.15) is 0 Å². The summed E-state index contributed by atoms with van der Waals surface area (Å²) in [6.45, 7) is 14.4. The summed E-state index contributed by atoms with van der Waals surface area (Å²) in [5.41, 5.74) is -0.811. The molecule has 1 saturated heterocycles. The maximum atomic E-state index is 11.9. The van der Waals surface area contributed by atoms with Crippen molar-refractivity contribution in [1.82, 2.24) is 10.2 Å². The van der Waals surface area contributed by atoms with E-state index in [1.54, 1.807) is 13.2 Å². The molecule has 0 atom stereocenters. The van der Waals surface area contributed by atoms with Crippen LogP contribution in [0.2, 0.25) is 0 Å². The molecule has 8 heteroatoms. The highest BCUT2D eigenvalue weighted by Gasteiger charge is 2.52. The standard InChI is InChI=1S/C17H32BN3O4/c1-15(2,3)23-14(22)21(8)10-9-20-12-13(11-19)18-24-16(4,5)17(6,7)25-18/h11-12,19-20H,9-10H2,1-8H3/b13-12+,19-11?. The maximum Gasteiger partial charge on any atom is 0.497 e. The minimum absolute atomic E-state index is 0.364. The monoisotopic (exact) mass is 353 g/mol. The van der Waals surface area contributed by atoms with Gasteiger partial charge in [-0.25, -0.2) is 4.79 Å². The Morgan fingerprint density at radius 2 is 1.76 bits per heavy atom. The summed E-state index contributed by atoms with van der Waals surface area (Å²) in [6.07, 6.45) is 2.54. The summed E-state index contributed by atoms with van der Waals surface area (Å²) in [5, 5.41) is 10.7. The molecule has 0 spiro atoms. The number of likely N-dealkylation sites (N-methyl/N-ethyl adjacent to an activating group) is 1. The van der Waals surface area contributed by atoms with Crippen LogP contribution < -0.4 is 5.32 Å². The molecule has 1 aliphatic rings. The third-order valence-corrected chi connectivity index (χ3v) is 4.26. The first-order valence-corrected chi connectivity index (χ1v) is 8.53. The van der Waals surface area contributed by atoms with Crippen LogP contribution in [0.1, 0.15) is 48.5 Å². The zero-order valence-corrected chi connectivity index (χ0v) is 16.7. The van der Waals surface area contributed by atoms with Crippen molar-refractivity contribution in [3.63, 3.8) is 0 Å². The minimum atomic E-state index is -0.585. The molecule has 2 N–H and O–H groups in total. The molecule has 25 heavy (non-hydrogen) atoms. The summed E-state index contributed by atoms with van der Waals surface area (Å²) in [4.78, 5) is 13.4. The number of nitrogens with one attached hydrogen (secondary N) is 2. The van der Waals surface area contributed by atoms with Crippen molar-refractivity contribution in [2.75, 3.05) is 20.1 Å². The molecule has 1 aliphatic heterocycles. The summed E-state index contributed by atoms with van der Waals surface area (Å²) in [6, 6.07) is 0. The minimum Gasteiger partial charge on any atom is -0.444 e. The number of nitrogens with zero attached hydrogens (tertiary/aromatic N) is 1. The number of hydrogen-bond acceptors (Lipinski definition) is 6. The topological polar surface area (TPSA) is 83.9 Å². The van der Waals surface area contributed by atoms with E-state index in [2.05, 4.69) is 5.32 Å². The van der Waals surface area contributed by atoms with E-state index >= 15 is 0 Å². The lowest BCUT2D eigenvalue weighted by Gasteiger charge is -2.32. The van der Waals surface area contributed by atoms with Gasteiger partial charge in [-0.1, -0.05) is 0 Å². The second-order valence-electron chi connectivity index (χ2n) is 8.23. The first-order valence-electron chi connectivity index (χ1n) is 8.53. The van der Waals surface area contributed by atoms with Crippen molar-refractivity contribution >= 4 is 19.4 Å². The highest BCUT2D eigenvalue weighted by Crippen LogP contribution is 2.38. The Kier molecular flexibility index (Phi) is 6.70. The van der Waals surface area contributed by atoms with Gasteiger partial charge in [0.2, 0.25) is 0 Å². The van der Waals surface area contributed by atoms with E-state index in [0.29, 0.717) is 18.6 Å². The Balaban J connectivity index is 2.52. The van der Waals surface area contributed by atoms with E-state index < -0.39 is 23.9 Å². The van der Waals surface area contributed by atoms with E-state index in [9.17, 15) is 4.79 Å². The van der Waals surface area contributed by atoms with Gasteiger partial charge in [-0.15, -0.1) is 0 Å². The zero-order valence-electron chi connectivity index (χ0n) is 16.7. The van der Waals surface area contributed by atoms with Crippen LogP contribution in [0.3, 0.4) is 0 Å². The van der Waals surface area contributed by atoms with Gasteiger partial charge in [0.25, 0.3) is 0 Å². The number of carbonyl (C=O) groups is 1. The number of ether oxygens (including phenoxy) is 1. The van der Waals surface area contributed by atoms with Gasteiger partial charge >= 0.3 is 13.2 Å². The van der Waals surface area contributed by atoms with Crippen LogP contribution in [-0.4, -0.2) is 61.3 Å². The number of rotatable bonds is 6. The highest BCUT2D eigenvalue weighted by atomic mass is 16.7. The number of carbonyl (C=O) groups excluding carboxylic acids is 1. The molecular weight excluding hydrogens is 321 g/mol. The molecule has 0 bridgehead atoms. The van der Waals surface area contributed by atoms with E-state index in [4.69, 9.17) is 19.5 Å². The molecule has 0 radical (unpaired) electrons. The number of allylic oxidation sites excluding steroid dienone is 1. The SMILES string of the molecule is CN(CCN/C=C(\C=N)B1OC(C)(C)C(C)(C)O1)C(=O)OC(C)(C)C. The maximum absolute atomic E-state index is 11.9. The van der Waals surface area contributed by atoms with Crippen LogP contribution in [0.5, 0.6) is 0 Å². The Hall–Kier alpha value is -1.54. The average Bonchev–Trinajstić information content (AvgIpc) is 2.65. The molecule has 0 unspecified atom stereocenters. The lowest BCUT2D eigenvalue weighted by molar-refractivity contribution is 0.00578. The smallest absolute Gasteiger partial charge is 0.444 e. The molecule has 7 nitrogen and oxygen atoms in total. The third kappa shape index (κ3) is 6.04. The van der Waals surface area contributed by atoms with E-state index in [-0.39, 0.29) is 6.09 Å². The van der Waals surface area contributed by atoms with Crippen molar-refractivity contribution in [2.24, 2.45) is 0 Å².